The number of amides is 2. The van der Waals surface area contributed by atoms with Gasteiger partial charge in [-0.3, -0.25) is 14.5 Å². The molecule has 3 nitrogen and oxygen atoms in total. The van der Waals surface area contributed by atoms with Crippen molar-refractivity contribution >= 4 is 40.7 Å². The molecule has 0 spiro atoms. The van der Waals surface area contributed by atoms with E-state index in [-0.39, 0.29) is 23.7 Å². The molecule has 3 rings (SSSR count). The number of hydrogen-bond donors (Lipinski definition) is 0. The number of imide groups is 1. The zero-order chi connectivity index (χ0) is 17.4. The molecule has 1 saturated heterocycles. The lowest BCUT2D eigenvalue weighted by Crippen LogP contribution is -2.31. The standard InChI is InChI=1S/C19H17Cl2NO2/c1-11-3-5-13(6-4-11)9-15-12(2)18(23)22(19(15)24)14-7-8-16(20)17(21)10-14/h3-8,10,12,15H,9H2,1-2H3/t12-,15+/m1/s1. The molecule has 0 N–H and O–H groups in total. The number of hydrogen-bond acceptors (Lipinski definition) is 2. The number of anilines is 1. The Hall–Kier alpha value is -1.84. The van der Waals surface area contributed by atoms with Crippen LogP contribution in [-0.4, -0.2) is 11.8 Å². The van der Waals surface area contributed by atoms with E-state index in [4.69, 9.17) is 23.2 Å². The van der Waals surface area contributed by atoms with Crippen LogP contribution >= 0.6 is 23.2 Å². The van der Waals surface area contributed by atoms with Crippen LogP contribution in [0.4, 0.5) is 5.69 Å². The summed E-state index contributed by atoms with van der Waals surface area (Å²) >= 11 is 11.9. The average molecular weight is 362 g/mol. The number of rotatable bonds is 3. The minimum absolute atomic E-state index is 0.188. The maximum absolute atomic E-state index is 12.8. The molecule has 1 fully saturated rings. The molecule has 1 aliphatic rings. The molecule has 2 atom stereocenters. The van der Waals surface area contributed by atoms with Gasteiger partial charge in [0.15, 0.2) is 0 Å². The molecule has 5 heteroatoms. The third-order valence-electron chi connectivity index (χ3n) is 4.49. The van der Waals surface area contributed by atoms with Crippen LogP contribution in [0.25, 0.3) is 0 Å². The van der Waals surface area contributed by atoms with Gasteiger partial charge in [0, 0.05) is 5.92 Å². The highest BCUT2D eigenvalue weighted by molar-refractivity contribution is 6.42. The predicted molar refractivity (Wildman–Crippen MR) is 96.5 cm³/mol. The van der Waals surface area contributed by atoms with E-state index in [1.807, 2.05) is 31.2 Å². The first kappa shape index (κ1) is 17.0. The van der Waals surface area contributed by atoms with Gasteiger partial charge >= 0.3 is 0 Å². The molecule has 124 valence electrons. The fourth-order valence-electron chi connectivity index (χ4n) is 2.98. The average Bonchev–Trinajstić information content (AvgIpc) is 2.76. The SMILES string of the molecule is Cc1ccc(C[C@@H]2C(=O)N(c3ccc(Cl)c(Cl)c3)C(=O)[C@@H]2C)cc1. The van der Waals surface area contributed by atoms with Gasteiger partial charge in [-0.15, -0.1) is 0 Å². The maximum Gasteiger partial charge on any atom is 0.238 e. The van der Waals surface area contributed by atoms with Gasteiger partial charge in [-0.1, -0.05) is 60.0 Å². The lowest BCUT2D eigenvalue weighted by atomic mass is 9.90. The van der Waals surface area contributed by atoms with E-state index in [1.54, 1.807) is 25.1 Å². The molecular weight excluding hydrogens is 345 g/mol. The van der Waals surface area contributed by atoms with Crippen molar-refractivity contribution in [2.75, 3.05) is 4.90 Å². The summed E-state index contributed by atoms with van der Waals surface area (Å²) in [7, 11) is 0. The van der Waals surface area contributed by atoms with E-state index in [9.17, 15) is 9.59 Å². The Bertz CT molecular complexity index is 802. The van der Waals surface area contributed by atoms with Crippen LogP contribution in [0, 0.1) is 18.8 Å². The van der Waals surface area contributed by atoms with Crippen LogP contribution < -0.4 is 4.90 Å². The number of benzene rings is 2. The third kappa shape index (κ3) is 3.06. The zero-order valence-corrected chi connectivity index (χ0v) is 14.9. The maximum atomic E-state index is 12.8. The number of halogens is 2. The Morgan fingerprint density at radius 2 is 1.62 bits per heavy atom. The van der Waals surface area contributed by atoms with E-state index in [1.165, 1.54) is 4.90 Å². The van der Waals surface area contributed by atoms with E-state index >= 15 is 0 Å². The number of nitrogens with zero attached hydrogens (tertiary/aromatic N) is 1. The molecule has 2 aromatic carbocycles. The van der Waals surface area contributed by atoms with Gasteiger partial charge in [0.2, 0.25) is 11.8 Å². The minimum atomic E-state index is -0.367. The van der Waals surface area contributed by atoms with E-state index in [2.05, 4.69) is 0 Å². The van der Waals surface area contributed by atoms with Crippen LogP contribution in [0.1, 0.15) is 18.1 Å². The number of carbonyl (C=O) groups excluding carboxylic acids is 2. The fraction of sp³-hybridized carbons (Fsp3) is 0.263. The highest BCUT2D eigenvalue weighted by Crippen LogP contribution is 2.35. The fourth-order valence-corrected chi connectivity index (χ4v) is 3.28. The van der Waals surface area contributed by atoms with Gasteiger partial charge in [0.05, 0.1) is 21.7 Å². The molecule has 24 heavy (non-hydrogen) atoms. The van der Waals surface area contributed by atoms with Gasteiger partial charge in [0.25, 0.3) is 0 Å². The van der Waals surface area contributed by atoms with Crippen LogP contribution in [-0.2, 0) is 16.0 Å². The minimum Gasteiger partial charge on any atom is -0.274 e. The quantitative estimate of drug-likeness (QED) is 0.744. The van der Waals surface area contributed by atoms with E-state index in [0.717, 1.165) is 11.1 Å². The zero-order valence-electron chi connectivity index (χ0n) is 13.4. The summed E-state index contributed by atoms with van der Waals surface area (Å²) < 4.78 is 0. The molecule has 2 amide bonds. The first-order valence-electron chi connectivity index (χ1n) is 7.77. The molecule has 0 radical (unpaired) electrons. The van der Waals surface area contributed by atoms with Gasteiger partial charge in [-0.2, -0.15) is 0 Å². The van der Waals surface area contributed by atoms with Crippen molar-refractivity contribution in [3.63, 3.8) is 0 Å². The van der Waals surface area contributed by atoms with Crippen molar-refractivity contribution in [3.05, 3.63) is 63.6 Å². The second-order valence-electron chi connectivity index (χ2n) is 6.20. The Kier molecular flexibility index (Phi) is 4.66. The first-order valence-corrected chi connectivity index (χ1v) is 8.52. The summed E-state index contributed by atoms with van der Waals surface area (Å²) in [6.45, 7) is 3.82. The second-order valence-corrected chi connectivity index (χ2v) is 7.01. The van der Waals surface area contributed by atoms with Gasteiger partial charge in [-0.05, 0) is 37.1 Å². The highest BCUT2D eigenvalue weighted by Gasteiger charge is 2.45. The summed E-state index contributed by atoms with van der Waals surface area (Å²) in [5.74, 6) is -1.12. The summed E-state index contributed by atoms with van der Waals surface area (Å²) in [5, 5.41) is 0.716. The molecule has 1 aliphatic heterocycles. The largest absolute Gasteiger partial charge is 0.274 e. The highest BCUT2D eigenvalue weighted by atomic mass is 35.5. The van der Waals surface area contributed by atoms with Crippen LogP contribution in [0.2, 0.25) is 10.0 Å². The molecule has 0 aliphatic carbocycles. The second kappa shape index (κ2) is 6.58. The molecule has 0 aromatic heterocycles. The van der Waals surface area contributed by atoms with Crippen LogP contribution in [0.5, 0.6) is 0 Å². The van der Waals surface area contributed by atoms with Crippen molar-refractivity contribution in [1.29, 1.82) is 0 Å². The van der Waals surface area contributed by atoms with E-state index in [0.29, 0.717) is 22.2 Å². The Balaban J connectivity index is 1.88. The number of aryl methyl sites for hydroxylation is 1. The Morgan fingerprint density at radius 3 is 2.25 bits per heavy atom. The van der Waals surface area contributed by atoms with Crippen molar-refractivity contribution in [3.8, 4) is 0 Å². The van der Waals surface area contributed by atoms with E-state index < -0.39 is 0 Å². The molecule has 2 aromatic rings. The normalized spacial score (nSPS) is 20.8. The molecular formula is C19H17Cl2NO2. The third-order valence-corrected chi connectivity index (χ3v) is 5.23. The van der Waals surface area contributed by atoms with Gasteiger partial charge in [-0.25, -0.2) is 0 Å². The predicted octanol–water partition coefficient (Wildman–Crippen LogP) is 4.67. The Morgan fingerprint density at radius 1 is 0.958 bits per heavy atom. The van der Waals surface area contributed by atoms with Crippen molar-refractivity contribution in [2.24, 2.45) is 11.8 Å². The topological polar surface area (TPSA) is 37.4 Å². The van der Waals surface area contributed by atoms with Crippen molar-refractivity contribution in [1.82, 2.24) is 0 Å². The molecule has 0 bridgehead atoms. The smallest absolute Gasteiger partial charge is 0.238 e. The summed E-state index contributed by atoms with van der Waals surface area (Å²) in [5.41, 5.74) is 2.69. The summed E-state index contributed by atoms with van der Waals surface area (Å²) in [4.78, 5) is 26.6. The lowest BCUT2D eigenvalue weighted by Gasteiger charge is -2.15. The van der Waals surface area contributed by atoms with Gasteiger partial charge < -0.3 is 0 Å². The summed E-state index contributed by atoms with van der Waals surface area (Å²) in [6.07, 6.45) is 0.545. The van der Waals surface area contributed by atoms with Crippen LogP contribution in [0.3, 0.4) is 0 Å². The van der Waals surface area contributed by atoms with Crippen molar-refractivity contribution in [2.45, 2.75) is 20.3 Å². The molecule has 0 unspecified atom stereocenters. The van der Waals surface area contributed by atoms with Crippen LogP contribution in [0.15, 0.2) is 42.5 Å². The molecule has 1 heterocycles. The Labute approximate surface area is 151 Å². The monoisotopic (exact) mass is 361 g/mol. The first-order chi connectivity index (χ1) is 11.4. The van der Waals surface area contributed by atoms with Crippen molar-refractivity contribution < 1.29 is 9.59 Å². The van der Waals surface area contributed by atoms with Gasteiger partial charge in [0.1, 0.15) is 0 Å². The molecule has 0 saturated carbocycles. The lowest BCUT2D eigenvalue weighted by molar-refractivity contribution is -0.122. The summed E-state index contributed by atoms with van der Waals surface area (Å²) in [6, 6.07) is 12.8. The number of carbonyl (C=O) groups is 2.